The average Bonchev–Trinajstić information content (AvgIpc) is 2.62. The van der Waals surface area contributed by atoms with Crippen molar-refractivity contribution in [2.45, 2.75) is 32.9 Å². The maximum atomic E-state index is 10.9. The summed E-state index contributed by atoms with van der Waals surface area (Å²) in [6, 6.07) is 16.7. The van der Waals surface area contributed by atoms with E-state index in [4.69, 9.17) is 28.2 Å². The van der Waals surface area contributed by atoms with Gasteiger partial charge in [0.15, 0.2) is 0 Å². The SMILES string of the molecule is CC(C)(C)NCc1cc(-c2ccc(Cl)cc2)nc(-c2ccc(Cl)cc2)c1O. The molecule has 2 N–H and O–H groups in total. The second-order valence-electron chi connectivity index (χ2n) is 7.48. The van der Waals surface area contributed by atoms with E-state index in [9.17, 15) is 5.11 Å². The Kier molecular flexibility index (Phi) is 5.75. The molecule has 0 aliphatic rings. The van der Waals surface area contributed by atoms with E-state index in [1.165, 1.54) is 0 Å². The van der Waals surface area contributed by atoms with Crippen LogP contribution in [0.25, 0.3) is 22.5 Å². The van der Waals surface area contributed by atoms with Gasteiger partial charge in [0.25, 0.3) is 0 Å². The molecule has 0 atom stereocenters. The summed E-state index contributed by atoms with van der Waals surface area (Å²) in [5.41, 5.74) is 3.77. The fraction of sp³-hybridized carbons (Fsp3) is 0.227. The predicted octanol–water partition coefficient (Wildman–Crippen LogP) is 6.32. The number of halogens is 2. The minimum atomic E-state index is -0.0728. The lowest BCUT2D eigenvalue weighted by Crippen LogP contribution is -2.35. The van der Waals surface area contributed by atoms with Crippen LogP contribution in [0.2, 0.25) is 10.0 Å². The minimum absolute atomic E-state index is 0.0728. The van der Waals surface area contributed by atoms with Gasteiger partial charge in [-0.3, -0.25) is 0 Å². The molecule has 0 saturated heterocycles. The number of benzene rings is 2. The van der Waals surface area contributed by atoms with Crippen molar-refractivity contribution in [2.75, 3.05) is 0 Å². The minimum Gasteiger partial charge on any atom is -0.505 e. The topological polar surface area (TPSA) is 45.2 Å². The Morgan fingerprint density at radius 3 is 1.93 bits per heavy atom. The molecule has 3 rings (SSSR count). The highest BCUT2D eigenvalue weighted by Crippen LogP contribution is 2.35. The number of nitrogens with one attached hydrogen (secondary N) is 1. The van der Waals surface area contributed by atoms with Crippen LogP contribution >= 0.6 is 23.2 Å². The largest absolute Gasteiger partial charge is 0.505 e. The highest BCUT2D eigenvalue weighted by atomic mass is 35.5. The Morgan fingerprint density at radius 2 is 1.41 bits per heavy atom. The van der Waals surface area contributed by atoms with Gasteiger partial charge in [0.1, 0.15) is 11.4 Å². The summed E-state index contributed by atoms with van der Waals surface area (Å²) < 4.78 is 0. The smallest absolute Gasteiger partial charge is 0.146 e. The molecule has 0 bridgehead atoms. The maximum absolute atomic E-state index is 10.9. The molecule has 3 nitrogen and oxygen atoms in total. The van der Waals surface area contributed by atoms with Crippen molar-refractivity contribution in [2.24, 2.45) is 0 Å². The van der Waals surface area contributed by atoms with Gasteiger partial charge >= 0.3 is 0 Å². The molecule has 0 spiro atoms. The van der Waals surface area contributed by atoms with Crippen LogP contribution in [0, 0.1) is 0 Å². The summed E-state index contributed by atoms with van der Waals surface area (Å²) in [5.74, 6) is 0.173. The van der Waals surface area contributed by atoms with Gasteiger partial charge in [-0.05, 0) is 51.1 Å². The lowest BCUT2D eigenvalue weighted by molar-refractivity contribution is 0.412. The van der Waals surface area contributed by atoms with Crippen LogP contribution in [0.15, 0.2) is 54.6 Å². The zero-order chi connectivity index (χ0) is 19.6. The normalized spacial score (nSPS) is 11.6. The second kappa shape index (κ2) is 7.89. The van der Waals surface area contributed by atoms with Gasteiger partial charge in [-0.25, -0.2) is 4.98 Å². The van der Waals surface area contributed by atoms with E-state index in [0.717, 1.165) is 22.4 Å². The van der Waals surface area contributed by atoms with Crippen LogP contribution in [0.4, 0.5) is 0 Å². The Bertz CT molecular complexity index is 930. The molecule has 140 valence electrons. The van der Waals surface area contributed by atoms with Crippen molar-refractivity contribution in [1.82, 2.24) is 10.3 Å². The van der Waals surface area contributed by atoms with Gasteiger partial charge in [-0.15, -0.1) is 0 Å². The third-order valence-corrected chi connectivity index (χ3v) is 4.64. The van der Waals surface area contributed by atoms with Crippen LogP contribution < -0.4 is 5.32 Å². The van der Waals surface area contributed by atoms with Crippen LogP contribution in [0.5, 0.6) is 5.75 Å². The second-order valence-corrected chi connectivity index (χ2v) is 8.35. The van der Waals surface area contributed by atoms with Crippen LogP contribution in [-0.2, 0) is 6.54 Å². The van der Waals surface area contributed by atoms with Crippen molar-refractivity contribution in [1.29, 1.82) is 0 Å². The highest BCUT2D eigenvalue weighted by Gasteiger charge is 2.17. The Labute approximate surface area is 170 Å². The molecule has 0 aliphatic heterocycles. The molecule has 2 aromatic carbocycles. The van der Waals surface area contributed by atoms with E-state index in [1.807, 2.05) is 42.5 Å². The average molecular weight is 401 g/mol. The molecule has 0 aliphatic carbocycles. The van der Waals surface area contributed by atoms with E-state index in [2.05, 4.69) is 26.1 Å². The molecule has 0 amide bonds. The van der Waals surface area contributed by atoms with Crippen molar-refractivity contribution in [3.8, 4) is 28.3 Å². The third-order valence-electron chi connectivity index (χ3n) is 4.14. The number of hydrogen-bond acceptors (Lipinski definition) is 3. The first kappa shape index (κ1) is 19.7. The Hall–Kier alpha value is -2.07. The molecule has 0 unspecified atom stereocenters. The lowest BCUT2D eigenvalue weighted by atomic mass is 10.0. The molecule has 1 aromatic heterocycles. The van der Waals surface area contributed by atoms with Crippen molar-refractivity contribution >= 4 is 23.2 Å². The van der Waals surface area contributed by atoms with Crippen LogP contribution in [-0.4, -0.2) is 15.6 Å². The summed E-state index contributed by atoms with van der Waals surface area (Å²) in [6.07, 6.45) is 0. The zero-order valence-corrected chi connectivity index (χ0v) is 17.1. The maximum Gasteiger partial charge on any atom is 0.146 e. The monoisotopic (exact) mass is 400 g/mol. The number of hydrogen-bond donors (Lipinski definition) is 2. The number of nitrogens with zero attached hydrogens (tertiary/aromatic N) is 1. The van der Waals surface area contributed by atoms with Crippen molar-refractivity contribution in [3.63, 3.8) is 0 Å². The third kappa shape index (κ3) is 5.01. The van der Waals surface area contributed by atoms with E-state index in [0.29, 0.717) is 22.3 Å². The van der Waals surface area contributed by atoms with E-state index in [1.54, 1.807) is 12.1 Å². The van der Waals surface area contributed by atoms with Gasteiger partial charge in [0, 0.05) is 38.8 Å². The van der Waals surface area contributed by atoms with Gasteiger partial charge in [0.05, 0.1) is 5.69 Å². The van der Waals surface area contributed by atoms with Crippen LogP contribution in [0.1, 0.15) is 26.3 Å². The fourth-order valence-electron chi connectivity index (χ4n) is 2.66. The fourth-order valence-corrected chi connectivity index (χ4v) is 2.92. The molecular formula is C22H22Cl2N2O. The molecule has 1 heterocycles. The predicted molar refractivity (Wildman–Crippen MR) is 113 cm³/mol. The lowest BCUT2D eigenvalue weighted by Gasteiger charge is -2.22. The first-order valence-electron chi connectivity index (χ1n) is 8.73. The summed E-state index contributed by atoms with van der Waals surface area (Å²) in [6.45, 7) is 6.79. The number of pyridine rings is 1. The molecule has 0 fully saturated rings. The number of rotatable bonds is 4. The molecular weight excluding hydrogens is 379 g/mol. The van der Waals surface area contributed by atoms with E-state index >= 15 is 0 Å². The standard InChI is InChI=1S/C22H22Cl2N2O/c1-22(2,3)25-13-16-12-19(14-4-8-17(23)9-5-14)26-20(21(16)27)15-6-10-18(24)11-7-15/h4-12,25,27H,13H2,1-3H3. The summed E-state index contributed by atoms with van der Waals surface area (Å²) in [5, 5.41) is 15.6. The quantitative estimate of drug-likeness (QED) is 0.538. The Balaban J connectivity index is 2.11. The molecule has 0 saturated carbocycles. The summed E-state index contributed by atoms with van der Waals surface area (Å²) in [7, 11) is 0. The van der Waals surface area contributed by atoms with Gasteiger partial charge in [0.2, 0.25) is 0 Å². The first-order chi connectivity index (χ1) is 12.7. The summed E-state index contributed by atoms with van der Waals surface area (Å²) in [4.78, 5) is 4.71. The molecule has 27 heavy (non-hydrogen) atoms. The first-order valence-corrected chi connectivity index (χ1v) is 9.48. The molecule has 3 aromatic rings. The number of aromatic hydroxyl groups is 1. The highest BCUT2D eigenvalue weighted by molar-refractivity contribution is 6.30. The van der Waals surface area contributed by atoms with Gasteiger partial charge < -0.3 is 10.4 Å². The van der Waals surface area contributed by atoms with E-state index in [-0.39, 0.29) is 11.3 Å². The Morgan fingerprint density at radius 1 is 0.889 bits per heavy atom. The van der Waals surface area contributed by atoms with Crippen molar-refractivity contribution < 1.29 is 5.11 Å². The van der Waals surface area contributed by atoms with Crippen molar-refractivity contribution in [3.05, 3.63) is 70.2 Å². The van der Waals surface area contributed by atoms with E-state index < -0.39 is 0 Å². The summed E-state index contributed by atoms with van der Waals surface area (Å²) >= 11 is 12.0. The van der Waals surface area contributed by atoms with Gasteiger partial charge in [-0.1, -0.05) is 47.5 Å². The molecule has 0 radical (unpaired) electrons. The van der Waals surface area contributed by atoms with Crippen LogP contribution in [0.3, 0.4) is 0 Å². The number of aromatic nitrogens is 1. The van der Waals surface area contributed by atoms with Gasteiger partial charge in [-0.2, -0.15) is 0 Å². The molecule has 5 heteroatoms. The zero-order valence-electron chi connectivity index (χ0n) is 15.6.